The predicted octanol–water partition coefficient (Wildman–Crippen LogP) is 2.24. The van der Waals surface area contributed by atoms with E-state index in [1.54, 1.807) is 32.3 Å². The molecule has 6 nitrogen and oxygen atoms in total. The van der Waals surface area contributed by atoms with Crippen LogP contribution in [0, 0.1) is 0 Å². The van der Waals surface area contributed by atoms with Crippen molar-refractivity contribution in [3.8, 4) is 0 Å². The van der Waals surface area contributed by atoms with Crippen LogP contribution in [0.4, 0.5) is 18.9 Å². The van der Waals surface area contributed by atoms with Gasteiger partial charge in [0.05, 0.1) is 0 Å². The summed E-state index contributed by atoms with van der Waals surface area (Å²) in [6.07, 6.45) is -3.48. The van der Waals surface area contributed by atoms with Crippen molar-refractivity contribution in [2.24, 2.45) is 0 Å². The molecule has 0 unspecified atom stereocenters. The molecule has 0 bridgehead atoms. The molecule has 2 amide bonds. The van der Waals surface area contributed by atoms with Gasteiger partial charge in [-0.05, 0) is 24.3 Å². The average Bonchev–Trinajstić information content (AvgIpc) is 2.95. The molecular weight excluding hydrogens is 325 g/mol. The molecule has 0 saturated carbocycles. The van der Waals surface area contributed by atoms with Crippen molar-refractivity contribution in [2.75, 3.05) is 19.4 Å². The molecule has 0 atom stereocenters. The average molecular weight is 340 g/mol. The SMILES string of the molecule is CN(C)C(=O)c1cccc(NC(=O)Cn2ccc(C(F)(F)F)n2)c1. The van der Waals surface area contributed by atoms with Gasteiger partial charge in [-0.25, -0.2) is 0 Å². The summed E-state index contributed by atoms with van der Waals surface area (Å²) >= 11 is 0. The number of alkyl halides is 3. The molecule has 0 aliphatic rings. The Kier molecular flexibility index (Phi) is 4.91. The van der Waals surface area contributed by atoms with E-state index in [4.69, 9.17) is 0 Å². The van der Waals surface area contributed by atoms with Crippen LogP contribution < -0.4 is 5.32 Å². The summed E-state index contributed by atoms with van der Waals surface area (Å²) in [6.45, 7) is -0.373. The van der Waals surface area contributed by atoms with Crippen LogP contribution in [-0.4, -0.2) is 40.6 Å². The third-order valence-electron chi connectivity index (χ3n) is 3.04. The van der Waals surface area contributed by atoms with Gasteiger partial charge in [0, 0.05) is 31.5 Å². The lowest BCUT2D eigenvalue weighted by molar-refractivity contribution is -0.141. The van der Waals surface area contributed by atoms with Crippen LogP contribution in [0.1, 0.15) is 16.1 Å². The number of nitrogens with one attached hydrogen (secondary N) is 1. The fraction of sp³-hybridized carbons (Fsp3) is 0.267. The van der Waals surface area contributed by atoms with E-state index in [9.17, 15) is 22.8 Å². The van der Waals surface area contributed by atoms with Crippen molar-refractivity contribution >= 4 is 17.5 Å². The zero-order valence-electron chi connectivity index (χ0n) is 13.0. The largest absolute Gasteiger partial charge is 0.435 e. The van der Waals surface area contributed by atoms with E-state index in [0.29, 0.717) is 11.3 Å². The van der Waals surface area contributed by atoms with Crippen molar-refractivity contribution in [1.82, 2.24) is 14.7 Å². The molecule has 1 N–H and O–H groups in total. The van der Waals surface area contributed by atoms with Gasteiger partial charge in [0.1, 0.15) is 6.54 Å². The molecule has 0 aliphatic carbocycles. The number of carbonyl (C=O) groups is 2. The quantitative estimate of drug-likeness (QED) is 0.928. The molecule has 128 valence electrons. The number of amides is 2. The van der Waals surface area contributed by atoms with Gasteiger partial charge in [-0.2, -0.15) is 18.3 Å². The topological polar surface area (TPSA) is 67.2 Å². The summed E-state index contributed by atoms with van der Waals surface area (Å²) < 4.78 is 38.3. The first-order valence-corrected chi connectivity index (χ1v) is 6.89. The Morgan fingerprint density at radius 1 is 1.25 bits per heavy atom. The minimum absolute atomic E-state index is 0.229. The van der Waals surface area contributed by atoms with Gasteiger partial charge in [-0.1, -0.05) is 6.07 Å². The van der Waals surface area contributed by atoms with Crippen LogP contribution in [0.15, 0.2) is 36.5 Å². The zero-order valence-corrected chi connectivity index (χ0v) is 13.0. The summed E-state index contributed by atoms with van der Waals surface area (Å²) in [5.41, 5.74) is -0.305. The summed E-state index contributed by atoms with van der Waals surface area (Å²) in [5, 5.41) is 5.82. The third kappa shape index (κ3) is 4.34. The maximum Gasteiger partial charge on any atom is 0.435 e. The van der Waals surface area contributed by atoms with Crippen LogP contribution in [0.25, 0.3) is 0 Å². The molecule has 0 aliphatic heterocycles. The molecule has 1 aromatic heterocycles. The van der Waals surface area contributed by atoms with Crippen LogP contribution in [0.3, 0.4) is 0 Å². The number of rotatable bonds is 4. The molecule has 9 heteroatoms. The second-order valence-electron chi connectivity index (χ2n) is 5.22. The summed E-state index contributed by atoms with van der Waals surface area (Å²) in [7, 11) is 3.20. The van der Waals surface area contributed by atoms with Crippen molar-refractivity contribution in [2.45, 2.75) is 12.7 Å². The van der Waals surface area contributed by atoms with Gasteiger partial charge in [0.2, 0.25) is 5.91 Å². The van der Waals surface area contributed by atoms with E-state index in [2.05, 4.69) is 10.4 Å². The summed E-state index contributed by atoms with van der Waals surface area (Å²) in [6, 6.07) is 7.06. The minimum Gasteiger partial charge on any atom is -0.345 e. The van der Waals surface area contributed by atoms with Crippen molar-refractivity contribution < 1.29 is 22.8 Å². The smallest absolute Gasteiger partial charge is 0.345 e. The Bertz CT molecular complexity index is 753. The molecule has 2 aromatic rings. The molecule has 0 spiro atoms. The van der Waals surface area contributed by atoms with Gasteiger partial charge < -0.3 is 10.2 Å². The highest BCUT2D eigenvalue weighted by Crippen LogP contribution is 2.27. The van der Waals surface area contributed by atoms with E-state index in [-0.39, 0.29) is 12.5 Å². The van der Waals surface area contributed by atoms with Crippen LogP contribution in [-0.2, 0) is 17.5 Å². The maximum absolute atomic E-state index is 12.5. The minimum atomic E-state index is -4.55. The Labute approximate surface area is 135 Å². The number of carbonyl (C=O) groups excluding carboxylic acids is 2. The Hall–Kier alpha value is -2.84. The fourth-order valence-corrected chi connectivity index (χ4v) is 1.94. The zero-order chi connectivity index (χ0) is 17.9. The first kappa shape index (κ1) is 17.5. The standard InChI is InChI=1S/C15H15F3N4O2/c1-21(2)14(24)10-4-3-5-11(8-10)19-13(23)9-22-7-6-12(20-22)15(16,17)18/h3-8H,9H2,1-2H3,(H,19,23). The first-order valence-electron chi connectivity index (χ1n) is 6.89. The van der Waals surface area contributed by atoms with E-state index in [1.807, 2.05) is 0 Å². The Balaban J connectivity index is 2.04. The Morgan fingerprint density at radius 3 is 2.54 bits per heavy atom. The molecule has 1 aromatic carbocycles. The summed E-state index contributed by atoms with van der Waals surface area (Å²) in [5.74, 6) is -0.783. The molecular formula is C15H15F3N4O2. The van der Waals surface area contributed by atoms with Crippen molar-refractivity contribution in [3.05, 3.63) is 47.8 Å². The highest BCUT2D eigenvalue weighted by Gasteiger charge is 2.33. The predicted molar refractivity (Wildman–Crippen MR) is 80.3 cm³/mol. The lowest BCUT2D eigenvalue weighted by atomic mass is 10.2. The fourth-order valence-electron chi connectivity index (χ4n) is 1.94. The van der Waals surface area contributed by atoms with Crippen LogP contribution in [0.5, 0.6) is 0 Å². The van der Waals surface area contributed by atoms with E-state index < -0.39 is 17.8 Å². The second kappa shape index (κ2) is 6.73. The first-order chi connectivity index (χ1) is 11.2. The number of hydrogen-bond acceptors (Lipinski definition) is 3. The van der Waals surface area contributed by atoms with E-state index in [0.717, 1.165) is 16.9 Å². The van der Waals surface area contributed by atoms with Crippen molar-refractivity contribution in [3.63, 3.8) is 0 Å². The Morgan fingerprint density at radius 2 is 1.96 bits per heavy atom. The highest BCUT2D eigenvalue weighted by molar-refractivity contribution is 5.96. The van der Waals surface area contributed by atoms with E-state index in [1.165, 1.54) is 11.0 Å². The van der Waals surface area contributed by atoms with Gasteiger partial charge in [0.25, 0.3) is 5.91 Å². The van der Waals surface area contributed by atoms with Gasteiger partial charge in [-0.3, -0.25) is 14.3 Å². The number of benzene rings is 1. The normalized spacial score (nSPS) is 11.2. The third-order valence-corrected chi connectivity index (χ3v) is 3.04. The monoisotopic (exact) mass is 340 g/mol. The van der Waals surface area contributed by atoms with Gasteiger partial charge >= 0.3 is 6.18 Å². The number of hydrogen-bond donors (Lipinski definition) is 1. The van der Waals surface area contributed by atoms with Crippen LogP contribution in [0.2, 0.25) is 0 Å². The van der Waals surface area contributed by atoms with Crippen molar-refractivity contribution in [1.29, 1.82) is 0 Å². The lowest BCUT2D eigenvalue weighted by Gasteiger charge is -2.11. The van der Waals surface area contributed by atoms with Gasteiger partial charge in [-0.15, -0.1) is 0 Å². The molecule has 0 fully saturated rings. The van der Waals surface area contributed by atoms with Crippen LogP contribution >= 0.6 is 0 Å². The van der Waals surface area contributed by atoms with E-state index >= 15 is 0 Å². The number of nitrogens with zero attached hydrogens (tertiary/aromatic N) is 3. The molecule has 0 saturated heterocycles. The number of halogens is 3. The van der Waals surface area contributed by atoms with Gasteiger partial charge in [0.15, 0.2) is 5.69 Å². The molecule has 24 heavy (non-hydrogen) atoms. The maximum atomic E-state index is 12.5. The second-order valence-corrected chi connectivity index (χ2v) is 5.22. The molecule has 2 rings (SSSR count). The molecule has 1 heterocycles. The highest BCUT2D eigenvalue weighted by atomic mass is 19.4. The molecule has 0 radical (unpaired) electrons. The lowest BCUT2D eigenvalue weighted by Crippen LogP contribution is -2.22. The summed E-state index contributed by atoms with van der Waals surface area (Å²) in [4.78, 5) is 25.2. The number of anilines is 1. The number of aromatic nitrogens is 2.